The van der Waals surface area contributed by atoms with E-state index in [9.17, 15) is 0 Å². The third-order valence-corrected chi connectivity index (χ3v) is 3.31. The predicted molar refractivity (Wildman–Crippen MR) is 83.3 cm³/mol. The molecule has 21 heavy (non-hydrogen) atoms. The Hall–Kier alpha value is -2.20. The Bertz CT molecular complexity index is 576. The van der Waals surface area contributed by atoms with Gasteiger partial charge in [-0.1, -0.05) is 25.1 Å². The molecule has 0 fully saturated rings. The first kappa shape index (κ1) is 15.2. The quantitative estimate of drug-likeness (QED) is 0.875. The highest BCUT2D eigenvalue weighted by molar-refractivity contribution is 5.45. The summed E-state index contributed by atoms with van der Waals surface area (Å²) < 4.78 is 16.5. The van der Waals surface area contributed by atoms with Gasteiger partial charge in [0.2, 0.25) is 0 Å². The van der Waals surface area contributed by atoms with E-state index in [1.54, 1.807) is 20.3 Å². The van der Waals surface area contributed by atoms with Crippen LogP contribution in [0.2, 0.25) is 0 Å². The van der Waals surface area contributed by atoms with Crippen LogP contribution in [0.25, 0.3) is 0 Å². The molecular weight excluding hydrogens is 266 g/mol. The summed E-state index contributed by atoms with van der Waals surface area (Å²) >= 11 is 0. The van der Waals surface area contributed by atoms with Crippen LogP contribution in [0, 0.1) is 0 Å². The van der Waals surface area contributed by atoms with Crippen LogP contribution in [0.5, 0.6) is 23.0 Å². The Morgan fingerprint density at radius 2 is 1.52 bits per heavy atom. The molecule has 0 spiro atoms. The number of benzene rings is 2. The van der Waals surface area contributed by atoms with Crippen LogP contribution in [0.15, 0.2) is 42.5 Å². The highest BCUT2D eigenvalue weighted by Gasteiger charge is 2.11. The summed E-state index contributed by atoms with van der Waals surface area (Å²) in [6.07, 6.45) is 0.849. The van der Waals surface area contributed by atoms with Crippen molar-refractivity contribution in [2.45, 2.75) is 19.4 Å². The van der Waals surface area contributed by atoms with E-state index >= 15 is 0 Å². The van der Waals surface area contributed by atoms with E-state index in [2.05, 4.69) is 6.92 Å². The van der Waals surface area contributed by atoms with Gasteiger partial charge >= 0.3 is 0 Å². The molecule has 2 aromatic rings. The van der Waals surface area contributed by atoms with Gasteiger partial charge in [-0.2, -0.15) is 0 Å². The Morgan fingerprint density at radius 3 is 2.10 bits per heavy atom. The maximum absolute atomic E-state index is 6.13. The smallest absolute Gasteiger partial charge is 0.134 e. The molecule has 4 heteroatoms. The summed E-state index contributed by atoms with van der Waals surface area (Å²) in [5.41, 5.74) is 7.12. The second kappa shape index (κ2) is 6.99. The molecular formula is C17H21NO3. The van der Waals surface area contributed by atoms with Crippen LogP contribution in [-0.4, -0.2) is 14.2 Å². The largest absolute Gasteiger partial charge is 0.496 e. The summed E-state index contributed by atoms with van der Waals surface area (Å²) in [7, 11) is 3.22. The third kappa shape index (κ3) is 3.67. The zero-order valence-electron chi connectivity index (χ0n) is 12.6. The van der Waals surface area contributed by atoms with Crippen LogP contribution >= 0.6 is 0 Å². The van der Waals surface area contributed by atoms with Crippen molar-refractivity contribution >= 4 is 0 Å². The van der Waals surface area contributed by atoms with Gasteiger partial charge in [-0.3, -0.25) is 0 Å². The third-order valence-electron chi connectivity index (χ3n) is 3.31. The van der Waals surface area contributed by atoms with Crippen molar-refractivity contribution in [1.29, 1.82) is 0 Å². The van der Waals surface area contributed by atoms with E-state index in [0.29, 0.717) is 17.2 Å². The number of rotatable bonds is 6. The Balaban J connectivity index is 2.34. The minimum atomic E-state index is -0.0475. The molecule has 0 amide bonds. The molecule has 0 saturated heterocycles. The predicted octanol–water partition coefficient (Wildman–Crippen LogP) is 3.91. The lowest BCUT2D eigenvalue weighted by atomic mass is 10.0. The first-order valence-electron chi connectivity index (χ1n) is 6.93. The minimum absolute atomic E-state index is 0.0475. The average molecular weight is 287 g/mol. The summed E-state index contributed by atoms with van der Waals surface area (Å²) in [6, 6.07) is 13.2. The lowest BCUT2D eigenvalue weighted by Gasteiger charge is -2.16. The highest BCUT2D eigenvalue weighted by Crippen LogP contribution is 2.34. The molecule has 1 unspecified atom stereocenters. The van der Waals surface area contributed by atoms with Gasteiger partial charge in [-0.25, -0.2) is 0 Å². The number of hydrogen-bond acceptors (Lipinski definition) is 4. The summed E-state index contributed by atoms with van der Waals surface area (Å²) in [6.45, 7) is 2.05. The van der Waals surface area contributed by atoms with Crippen LogP contribution in [-0.2, 0) is 0 Å². The number of nitrogens with two attached hydrogens (primary N) is 1. The van der Waals surface area contributed by atoms with Crippen molar-refractivity contribution in [1.82, 2.24) is 0 Å². The second-order valence-corrected chi connectivity index (χ2v) is 4.70. The van der Waals surface area contributed by atoms with E-state index in [4.69, 9.17) is 19.9 Å². The number of methoxy groups -OCH3 is 2. The van der Waals surface area contributed by atoms with Crippen molar-refractivity contribution < 1.29 is 14.2 Å². The molecule has 0 aliphatic rings. The molecule has 2 rings (SSSR count). The average Bonchev–Trinajstić information content (AvgIpc) is 2.54. The zero-order chi connectivity index (χ0) is 15.2. The van der Waals surface area contributed by atoms with E-state index in [-0.39, 0.29) is 6.04 Å². The topological polar surface area (TPSA) is 53.7 Å². The second-order valence-electron chi connectivity index (χ2n) is 4.70. The lowest BCUT2D eigenvalue weighted by Crippen LogP contribution is -2.09. The Kier molecular flexibility index (Phi) is 5.06. The van der Waals surface area contributed by atoms with E-state index in [0.717, 1.165) is 17.7 Å². The molecule has 0 aliphatic heterocycles. The lowest BCUT2D eigenvalue weighted by molar-refractivity contribution is 0.386. The van der Waals surface area contributed by atoms with Crippen LogP contribution in [0.1, 0.15) is 24.9 Å². The standard InChI is InChI=1S/C17H21NO3/c1-4-16(18)15-7-5-6-8-17(15)21-14-10-12(19-2)9-13(11-14)20-3/h5-11,16H,4,18H2,1-3H3. The number of para-hydroxylation sites is 1. The van der Waals surface area contributed by atoms with Gasteiger partial charge in [-0.15, -0.1) is 0 Å². The molecule has 2 aromatic carbocycles. The van der Waals surface area contributed by atoms with Gasteiger partial charge in [0.15, 0.2) is 0 Å². The fourth-order valence-corrected chi connectivity index (χ4v) is 2.07. The van der Waals surface area contributed by atoms with Gasteiger partial charge in [0, 0.05) is 29.8 Å². The zero-order valence-corrected chi connectivity index (χ0v) is 12.6. The molecule has 1 atom stereocenters. The van der Waals surface area contributed by atoms with E-state index < -0.39 is 0 Å². The summed E-state index contributed by atoms with van der Waals surface area (Å²) in [4.78, 5) is 0. The maximum Gasteiger partial charge on any atom is 0.134 e. The Labute approximate surface area is 125 Å². The van der Waals surface area contributed by atoms with Gasteiger partial charge in [-0.05, 0) is 12.5 Å². The summed E-state index contributed by atoms with van der Waals surface area (Å²) in [5, 5.41) is 0. The monoisotopic (exact) mass is 287 g/mol. The van der Waals surface area contributed by atoms with Gasteiger partial charge in [0.05, 0.1) is 14.2 Å². The number of ether oxygens (including phenoxy) is 3. The van der Waals surface area contributed by atoms with Crippen molar-refractivity contribution in [3.05, 3.63) is 48.0 Å². The molecule has 0 aromatic heterocycles. The molecule has 0 heterocycles. The van der Waals surface area contributed by atoms with Crippen molar-refractivity contribution in [2.24, 2.45) is 5.73 Å². The van der Waals surface area contributed by atoms with Gasteiger partial charge < -0.3 is 19.9 Å². The Morgan fingerprint density at radius 1 is 0.952 bits per heavy atom. The molecule has 0 radical (unpaired) electrons. The van der Waals surface area contributed by atoms with Crippen molar-refractivity contribution in [3.8, 4) is 23.0 Å². The van der Waals surface area contributed by atoms with Crippen LogP contribution < -0.4 is 19.9 Å². The molecule has 2 N–H and O–H groups in total. The van der Waals surface area contributed by atoms with Crippen molar-refractivity contribution in [2.75, 3.05) is 14.2 Å². The highest BCUT2D eigenvalue weighted by atomic mass is 16.5. The molecule has 0 saturated carbocycles. The van der Waals surface area contributed by atoms with Gasteiger partial charge in [0.1, 0.15) is 23.0 Å². The molecule has 0 bridgehead atoms. The minimum Gasteiger partial charge on any atom is -0.496 e. The SMILES string of the molecule is CCC(N)c1ccccc1Oc1cc(OC)cc(OC)c1. The van der Waals surface area contributed by atoms with E-state index in [1.807, 2.05) is 36.4 Å². The molecule has 0 aliphatic carbocycles. The maximum atomic E-state index is 6.13. The molecule has 112 valence electrons. The first-order chi connectivity index (χ1) is 10.2. The fraction of sp³-hybridized carbons (Fsp3) is 0.294. The first-order valence-corrected chi connectivity index (χ1v) is 6.93. The summed E-state index contributed by atoms with van der Waals surface area (Å²) in [5.74, 6) is 2.77. The van der Waals surface area contributed by atoms with E-state index in [1.165, 1.54) is 0 Å². The normalized spacial score (nSPS) is 11.8. The van der Waals surface area contributed by atoms with Crippen LogP contribution in [0.3, 0.4) is 0 Å². The number of hydrogen-bond donors (Lipinski definition) is 1. The van der Waals surface area contributed by atoms with Gasteiger partial charge in [0.25, 0.3) is 0 Å². The molecule has 4 nitrogen and oxygen atoms in total. The van der Waals surface area contributed by atoms with Crippen LogP contribution in [0.4, 0.5) is 0 Å². The van der Waals surface area contributed by atoms with Crippen molar-refractivity contribution in [3.63, 3.8) is 0 Å². The fourth-order valence-electron chi connectivity index (χ4n) is 2.07.